The van der Waals surface area contributed by atoms with Crippen LogP contribution in [0.1, 0.15) is 91.4 Å². The first kappa shape index (κ1) is 19.7. The summed E-state index contributed by atoms with van der Waals surface area (Å²) in [6.45, 7) is 5.63. The molecule has 4 unspecified atom stereocenters. The number of carbonyl (C=O) groups is 2. The summed E-state index contributed by atoms with van der Waals surface area (Å²) >= 11 is 0. The quantitative estimate of drug-likeness (QED) is 0.620. The van der Waals surface area contributed by atoms with Gasteiger partial charge in [-0.1, -0.05) is 25.7 Å². The first-order chi connectivity index (χ1) is 12.3. The van der Waals surface area contributed by atoms with Gasteiger partial charge in [0.2, 0.25) is 0 Å². The molecule has 0 radical (unpaired) electrons. The normalized spacial score (nSPS) is 30.2. The molecule has 0 aromatic heterocycles. The van der Waals surface area contributed by atoms with Gasteiger partial charge < -0.3 is 9.47 Å². The van der Waals surface area contributed by atoms with Gasteiger partial charge in [0, 0.05) is 6.42 Å². The van der Waals surface area contributed by atoms with E-state index in [0.717, 1.165) is 24.7 Å². The molecule has 3 aliphatic rings. The van der Waals surface area contributed by atoms with Crippen molar-refractivity contribution in [3.8, 4) is 0 Å². The van der Waals surface area contributed by atoms with Gasteiger partial charge in [0.1, 0.15) is 11.7 Å². The van der Waals surface area contributed by atoms with Gasteiger partial charge in [-0.2, -0.15) is 0 Å². The summed E-state index contributed by atoms with van der Waals surface area (Å²) in [7, 11) is 0. The molecule has 0 spiro atoms. The van der Waals surface area contributed by atoms with Crippen LogP contribution >= 0.6 is 0 Å². The van der Waals surface area contributed by atoms with Crippen LogP contribution < -0.4 is 0 Å². The van der Waals surface area contributed by atoms with E-state index in [1.807, 2.05) is 20.8 Å². The van der Waals surface area contributed by atoms with E-state index < -0.39 is 5.60 Å². The van der Waals surface area contributed by atoms with Crippen LogP contribution in [-0.4, -0.2) is 23.6 Å². The third kappa shape index (κ3) is 5.47. The van der Waals surface area contributed by atoms with Crippen LogP contribution in [-0.2, 0) is 19.1 Å². The molecule has 3 fully saturated rings. The molecular weight excluding hydrogens is 328 g/mol. The van der Waals surface area contributed by atoms with Crippen LogP contribution in [0.25, 0.3) is 0 Å². The second kappa shape index (κ2) is 8.31. The average Bonchev–Trinajstić information content (AvgIpc) is 3.16. The smallest absolute Gasteiger partial charge is 0.310 e. The summed E-state index contributed by atoms with van der Waals surface area (Å²) < 4.78 is 11.4. The van der Waals surface area contributed by atoms with Crippen molar-refractivity contribution in [2.45, 2.75) is 103 Å². The van der Waals surface area contributed by atoms with Crippen LogP contribution in [0.4, 0.5) is 0 Å². The molecule has 2 bridgehead atoms. The Labute approximate surface area is 158 Å². The van der Waals surface area contributed by atoms with Crippen LogP contribution in [0.5, 0.6) is 0 Å². The molecule has 3 rings (SSSR count). The molecule has 4 atom stereocenters. The second-order valence-corrected chi connectivity index (χ2v) is 9.86. The molecule has 3 saturated carbocycles. The van der Waals surface area contributed by atoms with Gasteiger partial charge in [-0.05, 0) is 76.5 Å². The summed E-state index contributed by atoms with van der Waals surface area (Å²) in [4.78, 5) is 24.9. The molecular formula is C22H36O4. The minimum Gasteiger partial charge on any atom is -0.461 e. The third-order valence-electron chi connectivity index (χ3n) is 6.56. The summed E-state index contributed by atoms with van der Waals surface area (Å²) in [5.41, 5.74) is -0.499. The fourth-order valence-electron chi connectivity index (χ4n) is 5.42. The van der Waals surface area contributed by atoms with E-state index >= 15 is 0 Å². The fourth-order valence-corrected chi connectivity index (χ4v) is 5.42. The number of fused-ring (bicyclic) bond motifs is 2. The van der Waals surface area contributed by atoms with Gasteiger partial charge in [0.15, 0.2) is 0 Å². The zero-order valence-electron chi connectivity index (χ0n) is 16.8. The first-order valence-electron chi connectivity index (χ1n) is 10.7. The van der Waals surface area contributed by atoms with Crippen molar-refractivity contribution < 1.29 is 19.1 Å². The number of esters is 2. The zero-order chi connectivity index (χ0) is 18.7. The first-order valence-corrected chi connectivity index (χ1v) is 10.7. The highest BCUT2D eigenvalue weighted by atomic mass is 16.6. The predicted molar refractivity (Wildman–Crippen MR) is 100 cm³/mol. The lowest BCUT2D eigenvalue weighted by Gasteiger charge is -2.31. The van der Waals surface area contributed by atoms with E-state index in [-0.39, 0.29) is 24.5 Å². The van der Waals surface area contributed by atoms with Crippen LogP contribution in [0.15, 0.2) is 0 Å². The van der Waals surface area contributed by atoms with Crippen molar-refractivity contribution in [3.05, 3.63) is 0 Å². The molecule has 0 saturated heterocycles. The number of hydrogen-bond acceptors (Lipinski definition) is 4. The molecule has 26 heavy (non-hydrogen) atoms. The molecule has 148 valence electrons. The van der Waals surface area contributed by atoms with E-state index in [2.05, 4.69) is 0 Å². The van der Waals surface area contributed by atoms with E-state index in [9.17, 15) is 9.59 Å². The number of ether oxygens (including phenoxy) is 2. The maximum absolute atomic E-state index is 12.6. The van der Waals surface area contributed by atoms with Crippen LogP contribution in [0.3, 0.4) is 0 Å². The minimum absolute atomic E-state index is 0.0957. The maximum Gasteiger partial charge on any atom is 0.310 e. The van der Waals surface area contributed by atoms with E-state index in [4.69, 9.17) is 9.47 Å². The van der Waals surface area contributed by atoms with Crippen molar-refractivity contribution in [2.24, 2.45) is 23.7 Å². The van der Waals surface area contributed by atoms with Crippen molar-refractivity contribution in [1.29, 1.82) is 0 Å². The molecule has 0 aromatic rings. The summed E-state index contributed by atoms with van der Waals surface area (Å²) in [5.74, 6) is 2.04. The minimum atomic E-state index is -0.499. The molecule has 3 aliphatic carbocycles. The van der Waals surface area contributed by atoms with Gasteiger partial charge in [-0.3, -0.25) is 9.59 Å². The maximum atomic E-state index is 12.6. The Morgan fingerprint density at radius 1 is 0.962 bits per heavy atom. The summed E-state index contributed by atoms with van der Waals surface area (Å²) in [5, 5.41) is 0. The third-order valence-corrected chi connectivity index (χ3v) is 6.56. The summed E-state index contributed by atoms with van der Waals surface area (Å²) in [6, 6.07) is 0. The average molecular weight is 365 g/mol. The van der Waals surface area contributed by atoms with Crippen molar-refractivity contribution in [2.75, 3.05) is 0 Å². The number of hydrogen-bond donors (Lipinski definition) is 0. The SMILES string of the molecule is CC(C)(C)OC(=O)CC(OC(=O)CC1CC2CCC1C2)C1CCCCC1. The number of rotatable bonds is 6. The standard InChI is InChI=1S/C22H36O4/c1-22(2,3)26-21(24)14-19(16-7-5-4-6-8-16)25-20(23)13-18-12-15-9-10-17(18)11-15/h15-19H,4-14H2,1-3H3. The van der Waals surface area contributed by atoms with Gasteiger partial charge in [-0.15, -0.1) is 0 Å². The van der Waals surface area contributed by atoms with Crippen molar-refractivity contribution in [3.63, 3.8) is 0 Å². The van der Waals surface area contributed by atoms with Gasteiger partial charge in [0.25, 0.3) is 0 Å². The van der Waals surface area contributed by atoms with E-state index in [0.29, 0.717) is 18.3 Å². The zero-order valence-corrected chi connectivity index (χ0v) is 16.8. The lowest BCUT2D eigenvalue weighted by atomic mass is 9.83. The largest absolute Gasteiger partial charge is 0.461 e. The Morgan fingerprint density at radius 2 is 1.69 bits per heavy atom. The Morgan fingerprint density at radius 3 is 2.27 bits per heavy atom. The second-order valence-electron chi connectivity index (χ2n) is 9.86. The molecule has 0 N–H and O–H groups in total. The van der Waals surface area contributed by atoms with Crippen molar-refractivity contribution in [1.82, 2.24) is 0 Å². The summed E-state index contributed by atoms with van der Waals surface area (Å²) in [6.07, 6.45) is 11.2. The highest BCUT2D eigenvalue weighted by Crippen LogP contribution is 2.49. The molecule has 0 amide bonds. The van der Waals surface area contributed by atoms with Crippen LogP contribution in [0, 0.1) is 23.7 Å². The van der Waals surface area contributed by atoms with Gasteiger partial charge in [-0.25, -0.2) is 0 Å². The van der Waals surface area contributed by atoms with Gasteiger partial charge >= 0.3 is 11.9 Å². The fraction of sp³-hybridized carbons (Fsp3) is 0.909. The Bertz CT molecular complexity index is 501. The molecule has 0 aromatic carbocycles. The molecule has 0 heterocycles. The lowest BCUT2D eigenvalue weighted by Crippen LogP contribution is -2.34. The van der Waals surface area contributed by atoms with Crippen molar-refractivity contribution >= 4 is 11.9 Å². The van der Waals surface area contributed by atoms with E-state index in [1.54, 1.807) is 0 Å². The van der Waals surface area contributed by atoms with E-state index in [1.165, 1.54) is 44.9 Å². The van der Waals surface area contributed by atoms with Crippen LogP contribution in [0.2, 0.25) is 0 Å². The Balaban J connectivity index is 1.55. The highest BCUT2D eigenvalue weighted by Gasteiger charge is 2.41. The lowest BCUT2D eigenvalue weighted by molar-refractivity contribution is -0.165. The molecule has 4 heteroatoms. The Kier molecular flexibility index (Phi) is 6.29. The monoisotopic (exact) mass is 364 g/mol. The molecule has 0 aliphatic heterocycles. The predicted octanol–water partition coefficient (Wildman–Crippen LogP) is 5.04. The molecule has 4 nitrogen and oxygen atoms in total. The number of carbonyl (C=O) groups excluding carboxylic acids is 2. The topological polar surface area (TPSA) is 52.6 Å². The van der Waals surface area contributed by atoms with Gasteiger partial charge in [0.05, 0.1) is 6.42 Å². The highest BCUT2D eigenvalue weighted by molar-refractivity contribution is 5.73. The Hall–Kier alpha value is -1.06.